The summed E-state index contributed by atoms with van der Waals surface area (Å²) in [6.07, 6.45) is -4.75. The normalized spacial score (nSPS) is 12.6. The molecule has 4 nitrogen and oxygen atoms in total. The van der Waals surface area contributed by atoms with Gasteiger partial charge in [-0.3, -0.25) is 0 Å². The fourth-order valence-corrected chi connectivity index (χ4v) is 1.17. The van der Waals surface area contributed by atoms with Crippen LogP contribution in [0.15, 0.2) is 4.42 Å². The summed E-state index contributed by atoms with van der Waals surface area (Å²) in [7, 11) is 0. The van der Waals surface area contributed by atoms with Crippen LogP contribution in [0, 0.1) is 0 Å². The van der Waals surface area contributed by atoms with Gasteiger partial charge in [0.1, 0.15) is 0 Å². The van der Waals surface area contributed by atoms with Gasteiger partial charge in [-0.2, -0.15) is 13.2 Å². The summed E-state index contributed by atoms with van der Waals surface area (Å²) >= 11 is 0. The number of hydrogen-bond donors (Lipinski definition) is 0. The summed E-state index contributed by atoms with van der Waals surface area (Å²) in [4.78, 5) is 14.8. The molecule has 0 aromatic carbocycles. The number of oxazole rings is 1. The molecular weight excluding hydrogens is 251 g/mol. The lowest BCUT2D eigenvalue weighted by Gasteiger charge is -2.11. The van der Waals surface area contributed by atoms with Crippen molar-refractivity contribution >= 4 is 5.97 Å². The maximum Gasteiger partial charge on any atom is 0.437 e. The summed E-state index contributed by atoms with van der Waals surface area (Å²) in [5.41, 5.74) is -2.07. The highest BCUT2D eigenvalue weighted by Gasteiger charge is 2.43. The highest BCUT2D eigenvalue weighted by molar-refractivity contribution is 5.87. The molecule has 0 aliphatic carbocycles. The van der Waals surface area contributed by atoms with E-state index in [2.05, 4.69) is 9.72 Å². The molecule has 0 atom stereocenters. The van der Waals surface area contributed by atoms with E-state index in [9.17, 15) is 18.0 Å². The van der Waals surface area contributed by atoms with Gasteiger partial charge in [0.2, 0.25) is 11.7 Å². The third-order valence-electron chi connectivity index (χ3n) is 2.00. The maximum absolute atomic E-state index is 12.7. The monoisotopic (exact) mass is 265 g/mol. The van der Waals surface area contributed by atoms with Crippen molar-refractivity contribution in [2.24, 2.45) is 0 Å². The SMILES string of the molecule is CCOC(=O)c1oc(C(C)(C)C)nc1C(F)(F)F. The predicted molar refractivity (Wildman–Crippen MR) is 56.2 cm³/mol. The van der Waals surface area contributed by atoms with E-state index >= 15 is 0 Å². The quantitative estimate of drug-likeness (QED) is 0.771. The molecule has 0 aliphatic rings. The Morgan fingerprint density at radius 2 is 1.89 bits per heavy atom. The van der Waals surface area contributed by atoms with Crippen molar-refractivity contribution in [1.29, 1.82) is 0 Å². The first kappa shape index (κ1) is 14.5. The lowest BCUT2D eigenvalue weighted by Crippen LogP contribution is -2.15. The third-order valence-corrected chi connectivity index (χ3v) is 2.00. The van der Waals surface area contributed by atoms with E-state index in [4.69, 9.17) is 4.42 Å². The second kappa shape index (κ2) is 4.62. The van der Waals surface area contributed by atoms with E-state index in [0.717, 1.165) is 0 Å². The van der Waals surface area contributed by atoms with Gasteiger partial charge in [0.25, 0.3) is 0 Å². The average molecular weight is 265 g/mol. The summed E-state index contributed by atoms with van der Waals surface area (Å²) in [5.74, 6) is -2.21. The molecule has 1 rings (SSSR count). The van der Waals surface area contributed by atoms with Crippen LogP contribution in [-0.2, 0) is 16.3 Å². The Labute approximate surface area is 102 Å². The van der Waals surface area contributed by atoms with Gasteiger partial charge in [0, 0.05) is 5.41 Å². The number of ether oxygens (including phenoxy) is 1. The second-order valence-corrected chi connectivity index (χ2v) is 4.66. The molecule has 0 N–H and O–H groups in total. The molecular formula is C11H14F3NO3. The standard InChI is InChI=1S/C11H14F3NO3/c1-5-17-8(16)6-7(11(12,13)14)15-9(18-6)10(2,3)4/h5H2,1-4H3. The Bertz CT molecular complexity index is 443. The van der Waals surface area contributed by atoms with E-state index in [1.807, 2.05) is 0 Å². The lowest BCUT2D eigenvalue weighted by molar-refractivity contribution is -0.141. The second-order valence-electron chi connectivity index (χ2n) is 4.66. The molecule has 1 aromatic heterocycles. The fourth-order valence-electron chi connectivity index (χ4n) is 1.17. The van der Waals surface area contributed by atoms with E-state index in [-0.39, 0.29) is 12.5 Å². The van der Waals surface area contributed by atoms with Crippen molar-refractivity contribution in [3.8, 4) is 0 Å². The number of nitrogens with zero attached hydrogens (tertiary/aromatic N) is 1. The molecule has 7 heteroatoms. The van der Waals surface area contributed by atoms with Crippen LogP contribution in [0.1, 0.15) is 49.8 Å². The number of halogens is 3. The summed E-state index contributed by atoms with van der Waals surface area (Å²) in [5, 5.41) is 0. The zero-order valence-electron chi connectivity index (χ0n) is 10.5. The van der Waals surface area contributed by atoms with Gasteiger partial charge in [-0.25, -0.2) is 9.78 Å². The zero-order chi connectivity index (χ0) is 14.1. The molecule has 18 heavy (non-hydrogen) atoms. The molecule has 102 valence electrons. The zero-order valence-corrected chi connectivity index (χ0v) is 10.5. The highest BCUT2D eigenvalue weighted by Crippen LogP contribution is 2.34. The van der Waals surface area contributed by atoms with Crippen molar-refractivity contribution in [3.63, 3.8) is 0 Å². The molecule has 0 saturated carbocycles. The minimum Gasteiger partial charge on any atom is -0.460 e. The van der Waals surface area contributed by atoms with Crippen LogP contribution < -0.4 is 0 Å². The molecule has 0 saturated heterocycles. The minimum atomic E-state index is -4.75. The van der Waals surface area contributed by atoms with Crippen LogP contribution in [0.2, 0.25) is 0 Å². The van der Waals surface area contributed by atoms with E-state index in [0.29, 0.717) is 0 Å². The Kier molecular flexibility index (Phi) is 3.73. The number of hydrogen-bond acceptors (Lipinski definition) is 4. The molecule has 0 bridgehead atoms. The van der Waals surface area contributed by atoms with Crippen LogP contribution in [0.4, 0.5) is 13.2 Å². The molecule has 0 spiro atoms. The Morgan fingerprint density at radius 1 is 1.33 bits per heavy atom. The summed E-state index contributed by atoms with van der Waals surface area (Å²) in [6.45, 7) is 6.35. The van der Waals surface area contributed by atoms with Crippen LogP contribution in [0.3, 0.4) is 0 Å². The van der Waals surface area contributed by atoms with Gasteiger partial charge in [-0.15, -0.1) is 0 Å². The molecule has 0 radical (unpaired) electrons. The van der Waals surface area contributed by atoms with E-state index < -0.39 is 29.0 Å². The van der Waals surface area contributed by atoms with Crippen LogP contribution in [0.25, 0.3) is 0 Å². The van der Waals surface area contributed by atoms with Gasteiger partial charge in [-0.1, -0.05) is 20.8 Å². The predicted octanol–water partition coefficient (Wildman–Crippen LogP) is 3.17. The first-order valence-electron chi connectivity index (χ1n) is 5.33. The van der Waals surface area contributed by atoms with E-state index in [1.165, 1.54) is 6.92 Å². The number of esters is 1. The highest BCUT2D eigenvalue weighted by atomic mass is 19.4. The number of carbonyl (C=O) groups excluding carboxylic acids is 1. The molecule has 1 heterocycles. The number of rotatable bonds is 2. The molecule has 0 unspecified atom stereocenters. The Morgan fingerprint density at radius 3 is 2.28 bits per heavy atom. The van der Waals surface area contributed by atoms with Crippen molar-refractivity contribution in [1.82, 2.24) is 4.98 Å². The summed E-state index contributed by atoms with van der Waals surface area (Å²) < 4.78 is 47.6. The maximum atomic E-state index is 12.7. The van der Waals surface area contributed by atoms with Gasteiger partial charge >= 0.3 is 12.1 Å². The Hall–Kier alpha value is -1.53. The first-order chi connectivity index (χ1) is 8.07. The van der Waals surface area contributed by atoms with E-state index in [1.54, 1.807) is 20.8 Å². The molecule has 0 amide bonds. The smallest absolute Gasteiger partial charge is 0.437 e. The number of aromatic nitrogens is 1. The van der Waals surface area contributed by atoms with Crippen molar-refractivity contribution in [2.75, 3.05) is 6.61 Å². The van der Waals surface area contributed by atoms with Crippen LogP contribution in [0.5, 0.6) is 0 Å². The molecule has 0 aliphatic heterocycles. The van der Waals surface area contributed by atoms with Gasteiger partial charge < -0.3 is 9.15 Å². The van der Waals surface area contributed by atoms with Crippen molar-refractivity contribution in [3.05, 3.63) is 17.3 Å². The molecule has 1 aromatic rings. The third kappa shape index (κ3) is 3.02. The van der Waals surface area contributed by atoms with Gasteiger partial charge in [-0.05, 0) is 6.92 Å². The van der Waals surface area contributed by atoms with Gasteiger partial charge in [0.15, 0.2) is 5.69 Å². The minimum absolute atomic E-state index is 0.0400. The van der Waals surface area contributed by atoms with Gasteiger partial charge in [0.05, 0.1) is 6.61 Å². The topological polar surface area (TPSA) is 52.3 Å². The summed E-state index contributed by atoms with van der Waals surface area (Å²) in [6, 6.07) is 0. The number of carbonyl (C=O) groups is 1. The first-order valence-corrected chi connectivity index (χ1v) is 5.33. The average Bonchev–Trinajstić information content (AvgIpc) is 2.60. The largest absolute Gasteiger partial charge is 0.460 e. The molecule has 0 fully saturated rings. The van der Waals surface area contributed by atoms with Crippen molar-refractivity contribution in [2.45, 2.75) is 39.3 Å². The van der Waals surface area contributed by atoms with Crippen LogP contribution >= 0.6 is 0 Å². The van der Waals surface area contributed by atoms with Crippen molar-refractivity contribution < 1.29 is 27.1 Å². The number of alkyl halides is 3. The Balaban J connectivity index is 3.31. The lowest BCUT2D eigenvalue weighted by atomic mass is 9.97. The fraction of sp³-hybridized carbons (Fsp3) is 0.636. The van der Waals surface area contributed by atoms with Crippen LogP contribution in [-0.4, -0.2) is 17.6 Å².